The predicted octanol–water partition coefficient (Wildman–Crippen LogP) is 1.12. The summed E-state index contributed by atoms with van der Waals surface area (Å²) < 4.78 is 1.75. The molecule has 0 spiro atoms. The standard InChI is InChI=1S/C15H17N7O/c23-15-18-14(19-20-15)13-10(9-1-2-9)4-7-21(13)11-5-8-22-12(17-11)3-6-16-22/h3,5-6,8-10,13H,1-2,4,7H2,(H2,18,19,20,23). The molecule has 1 saturated carbocycles. The van der Waals surface area contributed by atoms with Gasteiger partial charge in [-0.2, -0.15) is 10.2 Å². The van der Waals surface area contributed by atoms with Crippen LogP contribution in [0.15, 0.2) is 29.3 Å². The highest BCUT2D eigenvalue weighted by Gasteiger charge is 2.45. The van der Waals surface area contributed by atoms with Gasteiger partial charge >= 0.3 is 5.69 Å². The second kappa shape index (κ2) is 4.68. The van der Waals surface area contributed by atoms with Crippen LogP contribution in [-0.2, 0) is 0 Å². The zero-order valence-electron chi connectivity index (χ0n) is 12.5. The number of aromatic amines is 2. The third kappa shape index (κ3) is 2.05. The molecule has 8 heteroatoms. The van der Waals surface area contributed by atoms with E-state index in [0.717, 1.165) is 36.2 Å². The van der Waals surface area contributed by atoms with E-state index in [9.17, 15) is 4.79 Å². The molecule has 8 nitrogen and oxygen atoms in total. The lowest BCUT2D eigenvalue weighted by atomic mass is 9.94. The van der Waals surface area contributed by atoms with Crippen LogP contribution in [0.25, 0.3) is 5.65 Å². The second-order valence-corrected chi connectivity index (χ2v) is 6.41. The Bertz CT molecular complexity index is 906. The molecule has 2 atom stereocenters. The summed E-state index contributed by atoms with van der Waals surface area (Å²) in [5.74, 6) is 2.90. The third-order valence-electron chi connectivity index (χ3n) is 5.01. The van der Waals surface area contributed by atoms with Crippen LogP contribution in [0.5, 0.6) is 0 Å². The molecule has 118 valence electrons. The molecular formula is C15H17N7O. The number of hydrogen-bond acceptors (Lipinski definition) is 5. The van der Waals surface area contributed by atoms with Crippen LogP contribution in [0.2, 0.25) is 0 Å². The Balaban J connectivity index is 1.57. The van der Waals surface area contributed by atoms with E-state index in [-0.39, 0.29) is 11.7 Å². The fourth-order valence-electron chi connectivity index (χ4n) is 3.83. The molecule has 3 aromatic rings. The van der Waals surface area contributed by atoms with Gasteiger partial charge in [0.25, 0.3) is 0 Å². The van der Waals surface area contributed by atoms with E-state index in [1.165, 1.54) is 12.8 Å². The Morgan fingerprint density at radius 2 is 2.13 bits per heavy atom. The van der Waals surface area contributed by atoms with Crippen LogP contribution in [0, 0.1) is 11.8 Å². The van der Waals surface area contributed by atoms with Crippen LogP contribution in [0.4, 0.5) is 5.82 Å². The number of nitrogens with one attached hydrogen (secondary N) is 2. The summed E-state index contributed by atoms with van der Waals surface area (Å²) in [6.07, 6.45) is 7.33. The highest BCUT2D eigenvalue weighted by atomic mass is 16.1. The number of fused-ring (bicyclic) bond motifs is 1. The molecular weight excluding hydrogens is 294 g/mol. The molecule has 2 unspecified atom stereocenters. The number of H-pyrrole nitrogens is 2. The Morgan fingerprint density at radius 3 is 2.91 bits per heavy atom. The van der Waals surface area contributed by atoms with Crippen LogP contribution >= 0.6 is 0 Å². The van der Waals surface area contributed by atoms with Crippen molar-refractivity contribution < 1.29 is 0 Å². The van der Waals surface area contributed by atoms with Crippen molar-refractivity contribution in [2.24, 2.45) is 11.8 Å². The van der Waals surface area contributed by atoms with E-state index in [0.29, 0.717) is 5.92 Å². The van der Waals surface area contributed by atoms with E-state index >= 15 is 0 Å². The van der Waals surface area contributed by atoms with Crippen molar-refractivity contribution in [1.29, 1.82) is 0 Å². The molecule has 0 bridgehead atoms. The maximum absolute atomic E-state index is 11.5. The molecule has 1 saturated heterocycles. The first-order valence-corrected chi connectivity index (χ1v) is 8.01. The van der Waals surface area contributed by atoms with E-state index in [1.807, 2.05) is 18.3 Å². The number of hydrogen-bond donors (Lipinski definition) is 2. The second-order valence-electron chi connectivity index (χ2n) is 6.41. The van der Waals surface area contributed by atoms with Crippen molar-refractivity contribution in [1.82, 2.24) is 29.8 Å². The van der Waals surface area contributed by atoms with Crippen LogP contribution in [-0.4, -0.2) is 36.3 Å². The molecule has 3 aromatic heterocycles. The Morgan fingerprint density at radius 1 is 1.22 bits per heavy atom. The quantitative estimate of drug-likeness (QED) is 0.756. The predicted molar refractivity (Wildman–Crippen MR) is 83.1 cm³/mol. The zero-order chi connectivity index (χ0) is 15.4. The highest BCUT2D eigenvalue weighted by Crippen LogP contribution is 2.50. The van der Waals surface area contributed by atoms with Crippen LogP contribution < -0.4 is 10.6 Å². The van der Waals surface area contributed by atoms with Gasteiger partial charge in [0.2, 0.25) is 0 Å². The number of anilines is 1. The summed E-state index contributed by atoms with van der Waals surface area (Å²) in [5.41, 5.74) is 0.576. The van der Waals surface area contributed by atoms with Gasteiger partial charge in [-0.25, -0.2) is 19.4 Å². The van der Waals surface area contributed by atoms with Crippen molar-refractivity contribution in [3.05, 3.63) is 40.8 Å². The maximum atomic E-state index is 11.5. The van der Waals surface area contributed by atoms with Crippen LogP contribution in [0.3, 0.4) is 0 Å². The van der Waals surface area contributed by atoms with Crippen molar-refractivity contribution in [2.45, 2.75) is 25.3 Å². The van der Waals surface area contributed by atoms with Gasteiger partial charge in [-0.1, -0.05) is 0 Å². The molecule has 0 radical (unpaired) electrons. The van der Waals surface area contributed by atoms with Gasteiger partial charge in [-0.3, -0.25) is 4.98 Å². The minimum atomic E-state index is -0.249. The maximum Gasteiger partial charge on any atom is 0.340 e. The van der Waals surface area contributed by atoms with Gasteiger partial charge in [0.1, 0.15) is 5.82 Å². The SMILES string of the molecule is O=c1[nH]nc(C2C(C3CC3)CCN2c2ccn3nccc3n2)[nH]1. The zero-order valence-corrected chi connectivity index (χ0v) is 12.5. The first-order valence-electron chi connectivity index (χ1n) is 8.01. The molecule has 1 aliphatic heterocycles. The van der Waals surface area contributed by atoms with Crippen molar-refractivity contribution in [3.8, 4) is 0 Å². The first-order chi connectivity index (χ1) is 11.3. The average Bonchev–Trinajstić information content (AvgIpc) is 2.99. The number of aromatic nitrogens is 6. The van der Waals surface area contributed by atoms with Gasteiger partial charge in [0, 0.05) is 18.8 Å². The molecule has 0 amide bonds. The van der Waals surface area contributed by atoms with Gasteiger partial charge < -0.3 is 4.90 Å². The molecule has 5 rings (SSSR count). The molecule has 2 fully saturated rings. The summed E-state index contributed by atoms with van der Waals surface area (Å²) in [4.78, 5) is 21.3. The van der Waals surface area contributed by atoms with Gasteiger partial charge in [0.15, 0.2) is 11.5 Å². The topological polar surface area (TPSA) is 95.0 Å². The molecule has 2 aliphatic rings. The molecule has 23 heavy (non-hydrogen) atoms. The summed E-state index contributed by atoms with van der Waals surface area (Å²) in [6, 6.07) is 3.95. The van der Waals surface area contributed by atoms with E-state index in [1.54, 1.807) is 10.7 Å². The number of rotatable bonds is 3. The minimum Gasteiger partial charge on any atom is -0.346 e. The lowest BCUT2D eigenvalue weighted by Gasteiger charge is -2.27. The molecule has 0 aromatic carbocycles. The highest BCUT2D eigenvalue weighted by molar-refractivity contribution is 5.49. The number of nitrogens with zero attached hydrogens (tertiary/aromatic N) is 5. The van der Waals surface area contributed by atoms with Crippen molar-refractivity contribution in [2.75, 3.05) is 11.4 Å². The lowest BCUT2D eigenvalue weighted by molar-refractivity contribution is 0.414. The van der Waals surface area contributed by atoms with Crippen molar-refractivity contribution in [3.63, 3.8) is 0 Å². The Labute approximate surface area is 131 Å². The largest absolute Gasteiger partial charge is 0.346 e. The lowest BCUT2D eigenvalue weighted by Crippen LogP contribution is -2.28. The average molecular weight is 311 g/mol. The van der Waals surface area contributed by atoms with Crippen molar-refractivity contribution >= 4 is 11.5 Å². The van der Waals surface area contributed by atoms with E-state index < -0.39 is 0 Å². The first kappa shape index (κ1) is 12.9. The van der Waals surface area contributed by atoms with Gasteiger partial charge in [-0.05, 0) is 37.2 Å². The summed E-state index contributed by atoms with van der Waals surface area (Å²) in [5, 5.41) is 10.9. The summed E-state index contributed by atoms with van der Waals surface area (Å²) >= 11 is 0. The Hall–Kier alpha value is -2.64. The van der Waals surface area contributed by atoms with Crippen LogP contribution in [0.1, 0.15) is 31.1 Å². The monoisotopic (exact) mass is 311 g/mol. The fourth-order valence-corrected chi connectivity index (χ4v) is 3.83. The molecule has 1 aliphatic carbocycles. The normalized spacial score (nSPS) is 24.6. The third-order valence-corrected chi connectivity index (χ3v) is 5.01. The van der Waals surface area contributed by atoms with E-state index in [2.05, 4.69) is 25.2 Å². The van der Waals surface area contributed by atoms with E-state index in [4.69, 9.17) is 4.98 Å². The molecule has 2 N–H and O–H groups in total. The summed E-state index contributed by atoms with van der Waals surface area (Å²) in [7, 11) is 0. The fraction of sp³-hybridized carbons (Fsp3) is 0.467. The minimum absolute atomic E-state index is 0.0827. The molecule has 4 heterocycles. The van der Waals surface area contributed by atoms with Gasteiger partial charge in [-0.15, -0.1) is 0 Å². The Kier molecular flexibility index (Phi) is 2.61. The summed E-state index contributed by atoms with van der Waals surface area (Å²) in [6.45, 7) is 0.929. The smallest absolute Gasteiger partial charge is 0.340 e. The van der Waals surface area contributed by atoms with Gasteiger partial charge in [0.05, 0.1) is 12.2 Å².